The lowest BCUT2D eigenvalue weighted by Gasteiger charge is -2.08. The monoisotopic (exact) mass is 292 g/mol. The third-order valence-electron chi connectivity index (χ3n) is 1.75. The van der Waals surface area contributed by atoms with Crippen molar-refractivity contribution in [2.24, 2.45) is 0 Å². The van der Waals surface area contributed by atoms with Gasteiger partial charge in [0.15, 0.2) is 0 Å². The fraction of sp³-hybridized carbons (Fsp3) is 0.333. The van der Waals surface area contributed by atoms with E-state index >= 15 is 0 Å². The number of nitrogens with one attached hydrogen (secondary N) is 1. The normalized spacial score (nSPS) is 11.3. The fourth-order valence-corrected chi connectivity index (χ4v) is 2.59. The number of sulfonamides is 1. The van der Waals surface area contributed by atoms with Crippen LogP contribution in [0, 0.1) is 0 Å². The Kier molecular flexibility index (Phi) is 3.98. The molecule has 3 N–H and O–H groups in total. The lowest BCUT2D eigenvalue weighted by atomic mass is 10.3. The highest BCUT2D eigenvalue weighted by molar-refractivity contribution is 9.10. The first-order valence-corrected chi connectivity index (χ1v) is 6.94. The van der Waals surface area contributed by atoms with E-state index in [0.29, 0.717) is 22.3 Å². The summed E-state index contributed by atoms with van der Waals surface area (Å²) in [5, 5.41) is 0. The smallest absolute Gasteiger partial charge is 0.232 e. The molecule has 0 radical (unpaired) electrons. The molecule has 0 aromatic heterocycles. The molecule has 0 amide bonds. The van der Waals surface area contributed by atoms with Gasteiger partial charge in [-0.25, -0.2) is 8.42 Å². The molecule has 0 heterocycles. The lowest BCUT2D eigenvalue weighted by Crippen LogP contribution is -2.16. The van der Waals surface area contributed by atoms with Crippen molar-refractivity contribution in [2.45, 2.75) is 13.3 Å². The van der Waals surface area contributed by atoms with Crippen molar-refractivity contribution in [3.05, 3.63) is 22.7 Å². The molecule has 0 saturated carbocycles. The molecule has 0 fully saturated rings. The van der Waals surface area contributed by atoms with E-state index < -0.39 is 10.0 Å². The quantitative estimate of drug-likeness (QED) is 0.836. The van der Waals surface area contributed by atoms with Crippen LogP contribution < -0.4 is 10.5 Å². The first kappa shape index (κ1) is 12.3. The number of halogens is 1. The first-order chi connectivity index (χ1) is 6.94. The van der Waals surface area contributed by atoms with Gasteiger partial charge in [0.05, 0.1) is 5.75 Å². The highest BCUT2D eigenvalue weighted by Gasteiger charge is 2.09. The molecule has 1 aromatic carbocycles. The molecule has 0 spiro atoms. The molecule has 1 rings (SSSR count). The van der Waals surface area contributed by atoms with Crippen molar-refractivity contribution in [1.82, 2.24) is 0 Å². The zero-order chi connectivity index (χ0) is 11.5. The summed E-state index contributed by atoms with van der Waals surface area (Å²) in [6.45, 7) is 1.82. The minimum absolute atomic E-state index is 0.120. The van der Waals surface area contributed by atoms with Gasteiger partial charge in [-0.2, -0.15) is 0 Å². The van der Waals surface area contributed by atoms with Gasteiger partial charge in [0.25, 0.3) is 0 Å². The maximum atomic E-state index is 11.4. The van der Waals surface area contributed by atoms with E-state index in [0.717, 1.165) is 0 Å². The van der Waals surface area contributed by atoms with E-state index in [1.807, 2.05) is 6.92 Å². The van der Waals surface area contributed by atoms with Gasteiger partial charge in [-0.15, -0.1) is 0 Å². The number of anilines is 2. The molecule has 0 aliphatic carbocycles. The summed E-state index contributed by atoms with van der Waals surface area (Å²) < 4.78 is 26.0. The van der Waals surface area contributed by atoms with Gasteiger partial charge in [0, 0.05) is 15.8 Å². The Morgan fingerprint density at radius 2 is 2.13 bits per heavy atom. The Morgan fingerprint density at radius 1 is 1.47 bits per heavy atom. The van der Waals surface area contributed by atoms with Crippen molar-refractivity contribution in [3.8, 4) is 0 Å². The predicted octanol–water partition coefficient (Wildman–Crippen LogP) is 2.18. The molecule has 0 aliphatic heterocycles. The zero-order valence-electron chi connectivity index (χ0n) is 8.33. The molecule has 0 saturated heterocycles. The van der Waals surface area contributed by atoms with Gasteiger partial charge in [0.2, 0.25) is 10.0 Å². The van der Waals surface area contributed by atoms with Gasteiger partial charge >= 0.3 is 0 Å². The average Bonchev–Trinajstić information content (AvgIpc) is 2.10. The van der Waals surface area contributed by atoms with Crippen LogP contribution in [0.25, 0.3) is 0 Å². The van der Waals surface area contributed by atoms with Crippen molar-refractivity contribution in [2.75, 3.05) is 16.2 Å². The zero-order valence-corrected chi connectivity index (χ0v) is 10.7. The number of nitrogen functional groups attached to an aromatic ring is 1. The SMILES string of the molecule is CCCS(=O)(=O)Nc1ccc(N)c(Br)c1. The molecule has 4 nitrogen and oxygen atoms in total. The molecule has 6 heteroatoms. The van der Waals surface area contributed by atoms with E-state index in [4.69, 9.17) is 5.73 Å². The van der Waals surface area contributed by atoms with Crippen molar-refractivity contribution < 1.29 is 8.42 Å². The number of benzene rings is 1. The molecule has 1 aromatic rings. The number of hydrogen-bond donors (Lipinski definition) is 2. The van der Waals surface area contributed by atoms with Crippen LogP contribution >= 0.6 is 15.9 Å². The van der Waals surface area contributed by atoms with Crippen LogP contribution in [0.3, 0.4) is 0 Å². The van der Waals surface area contributed by atoms with Crippen LogP contribution in [0.2, 0.25) is 0 Å². The number of rotatable bonds is 4. The topological polar surface area (TPSA) is 72.2 Å². The predicted molar refractivity (Wildman–Crippen MR) is 66.3 cm³/mol. The van der Waals surface area contributed by atoms with Crippen molar-refractivity contribution in [3.63, 3.8) is 0 Å². The summed E-state index contributed by atoms with van der Waals surface area (Å²) in [7, 11) is -3.23. The molecular weight excluding hydrogens is 280 g/mol. The Labute approximate surface area is 98.0 Å². The van der Waals surface area contributed by atoms with Crippen molar-refractivity contribution in [1.29, 1.82) is 0 Å². The minimum atomic E-state index is -3.23. The van der Waals surface area contributed by atoms with E-state index in [9.17, 15) is 8.42 Å². The largest absolute Gasteiger partial charge is 0.398 e. The fourth-order valence-electron chi connectivity index (χ4n) is 1.09. The second kappa shape index (κ2) is 4.85. The highest BCUT2D eigenvalue weighted by Crippen LogP contribution is 2.23. The highest BCUT2D eigenvalue weighted by atomic mass is 79.9. The van der Waals surface area contributed by atoms with E-state index in [1.165, 1.54) is 0 Å². The second-order valence-corrected chi connectivity index (χ2v) is 5.85. The van der Waals surface area contributed by atoms with Crippen molar-refractivity contribution >= 4 is 37.3 Å². The van der Waals surface area contributed by atoms with Crippen LogP contribution in [0.15, 0.2) is 22.7 Å². The van der Waals surface area contributed by atoms with Crippen LogP contribution in [0.5, 0.6) is 0 Å². The van der Waals surface area contributed by atoms with Crippen LogP contribution in [-0.2, 0) is 10.0 Å². The van der Waals surface area contributed by atoms with E-state index in [2.05, 4.69) is 20.7 Å². The molecule has 0 unspecified atom stereocenters. The molecule has 0 aliphatic rings. The van der Waals surface area contributed by atoms with Gasteiger partial charge in [-0.3, -0.25) is 4.72 Å². The van der Waals surface area contributed by atoms with Gasteiger partial charge in [-0.1, -0.05) is 6.92 Å². The Balaban J connectivity index is 2.86. The van der Waals surface area contributed by atoms with Crippen LogP contribution in [0.4, 0.5) is 11.4 Å². The summed E-state index contributed by atoms with van der Waals surface area (Å²) in [6, 6.07) is 4.92. The summed E-state index contributed by atoms with van der Waals surface area (Å²) in [5.41, 5.74) is 6.68. The summed E-state index contributed by atoms with van der Waals surface area (Å²) >= 11 is 3.23. The lowest BCUT2D eigenvalue weighted by molar-refractivity contribution is 0.600. The third-order valence-corrected chi connectivity index (χ3v) is 3.93. The Morgan fingerprint density at radius 3 is 2.67 bits per heavy atom. The molecule has 84 valence electrons. The molecular formula is C9H13BrN2O2S. The maximum Gasteiger partial charge on any atom is 0.232 e. The second-order valence-electron chi connectivity index (χ2n) is 3.16. The molecule has 0 atom stereocenters. The Bertz CT molecular complexity index is 445. The van der Waals surface area contributed by atoms with Crippen LogP contribution in [0.1, 0.15) is 13.3 Å². The molecule has 0 bridgehead atoms. The van der Waals surface area contributed by atoms with Gasteiger partial charge < -0.3 is 5.73 Å². The molecule has 15 heavy (non-hydrogen) atoms. The van der Waals surface area contributed by atoms with E-state index in [-0.39, 0.29) is 5.75 Å². The summed E-state index contributed by atoms with van der Waals surface area (Å²) in [4.78, 5) is 0. The Hall–Kier alpha value is -0.750. The minimum Gasteiger partial charge on any atom is -0.398 e. The van der Waals surface area contributed by atoms with Gasteiger partial charge in [-0.05, 0) is 40.5 Å². The number of nitrogens with two attached hydrogens (primary N) is 1. The third kappa shape index (κ3) is 3.71. The standard InChI is InChI=1S/C9H13BrN2O2S/c1-2-5-15(13,14)12-7-3-4-9(11)8(10)6-7/h3-4,6,12H,2,5,11H2,1H3. The maximum absolute atomic E-state index is 11.4. The van der Waals surface area contributed by atoms with Crippen LogP contribution in [-0.4, -0.2) is 14.2 Å². The summed E-state index contributed by atoms with van der Waals surface area (Å²) in [5.74, 6) is 0.120. The van der Waals surface area contributed by atoms with Gasteiger partial charge in [0.1, 0.15) is 0 Å². The first-order valence-electron chi connectivity index (χ1n) is 4.50. The average molecular weight is 293 g/mol. The van der Waals surface area contributed by atoms with E-state index in [1.54, 1.807) is 18.2 Å². The summed E-state index contributed by atoms with van der Waals surface area (Å²) in [6.07, 6.45) is 0.589. The number of hydrogen-bond acceptors (Lipinski definition) is 3.